The molecule has 0 radical (unpaired) electrons. The first-order chi connectivity index (χ1) is 9.15. The van der Waals surface area contributed by atoms with Gasteiger partial charge in [0, 0.05) is 0 Å². The lowest BCUT2D eigenvalue weighted by atomic mass is 10.2. The summed E-state index contributed by atoms with van der Waals surface area (Å²) in [4.78, 5) is 16.2. The Bertz CT molecular complexity index is 597. The summed E-state index contributed by atoms with van der Waals surface area (Å²) in [6, 6.07) is 1.56. The standard InChI is InChI=1S/C12H13BrN4O2/c1-3-8-9(4-2)16-17-12(14-8)15-11(18)7-5-6-19-10(7)13/h5-6H,3-4H2,1-2H3,(H,14,15,17,18). The van der Waals surface area contributed by atoms with Crippen LogP contribution in [0.3, 0.4) is 0 Å². The van der Waals surface area contributed by atoms with Gasteiger partial charge in [-0.1, -0.05) is 13.8 Å². The van der Waals surface area contributed by atoms with Crippen LogP contribution in [0.4, 0.5) is 5.95 Å². The van der Waals surface area contributed by atoms with Crippen LogP contribution in [0.1, 0.15) is 35.6 Å². The average Bonchev–Trinajstić information content (AvgIpc) is 2.85. The molecule has 0 spiro atoms. The molecule has 19 heavy (non-hydrogen) atoms. The highest BCUT2D eigenvalue weighted by Crippen LogP contribution is 2.18. The van der Waals surface area contributed by atoms with Crippen LogP contribution >= 0.6 is 15.9 Å². The fraction of sp³-hybridized carbons (Fsp3) is 0.333. The van der Waals surface area contributed by atoms with Crippen LogP contribution in [0.5, 0.6) is 0 Å². The normalized spacial score (nSPS) is 10.5. The van der Waals surface area contributed by atoms with E-state index in [-0.39, 0.29) is 11.9 Å². The Labute approximate surface area is 118 Å². The Hall–Kier alpha value is -1.76. The van der Waals surface area contributed by atoms with E-state index in [1.807, 2.05) is 13.8 Å². The maximum atomic E-state index is 11.9. The molecule has 0 aliphatic rings. The highest BCUT2D eigenvalue weighted by atomic mass is 79.9. The topological polar surface area (TPSA) is 80.9 Å². The largest absolute Gasteiger partial charge is 0.457 e. The van der Waals surface area contributed by atoms with E-state index in [1.165, 1.54) is 6.26 Å². The number of hydrogen-bond acceptors (Lipinski definition) is 5. The van der Waals surface area contributed by atoms with Gasteiger partial charge in [0.05, 0.1) is 23.2 Å². The predicted molar refractivity (Wildman–Crippen MR) is 72.9 cm³/mol. The summed E-state index contributed by atoms with van der Waals surface area (Å²) >= 11 is 3.15. The number of nitrogens with zero attached hydrogens (tertiary/aromatic N) is 3. The molecule has 0 aliphatic heterocycles. The molecule has 2 aromatic heterocycles. The lowest BCUT2D eigenvalue weighted by molar-refractivity contribution is 0.102. The maximum absolute atomic E-state index is 11.9. The van der Waals surface area contributed by atoms with E-state index < -0.39 is 0 Å². The number of anilines is 1. The van der Waals surface area contributed by atoms with Crippen molar-refractivity contribution in [3.8, 4) is 0 Å². The van der Waals surface area contributed by atoms with Gasteiger partial charge in [-0.15, -0.1) is 10.2 Å². The molecule has 1 N–H and O–H groups in total. The van der Waals surface area contributed by atoms with Crippen molar-refractivity contribution in [2.75, 3.05) is 5.32 Å². The monoisotopic (exact) mass is 324 g/mol. The number of aryl methyl sites for hydroxylation is 2. The zero-order chi connectivity index (χ0) is 13.8. The molecule has 0 atom stereocenters. The van der Waals surface area contributed by atoms with E-state index in [2.05, 4.69) is 36.4 Å². The Kier molecular flexibility index (Phi) is 4.26. The third-order valence-corrected chi connectivity index (χ3v) is 3.21. The average molecular weight is 325 g/mol. The number of carbonyl (C=O) groups excluding carboxylic acids is 1. The molecular weight excluding hydrogens is 312 g/mol. The van der Waals surface area contributed by atoms with Gasteiger partial charge in [-0.25, -0.2) is 4.98 Å². The Balaban J connectivity index is 2.20. The number of halogens is 1. The van der Waals surface area contributed by atoms with Crippen LogP contribution in [0.15, 0.2) is 21.4 Å². The molecule has 7 heteroatoms. The second kappa shape index (κ2) is 5.92. The number of furan rings is 1. The number of nitrogens with one attached hydrogen (secondary N) is 1. The predicted octanol–water partition coefficient (Wildman–Crippen LogP) is 2.60. The minimum absolute atomic E-state index is 0.201. The third kappa shape index (κ3) is 2.98. The van der Waals surface area contributed by atoms with E-state index in [1.54, 1.807) is 6.07 Å². The van der Waals surface area contributed by atoms with Crippen molar-refractivity contribution in [2.45, 2.75) is 26.7 Å². The van der Waals surface area contributed by atoms with Crippen LogP contribution in [0.25, 0.3) is 0 Å². The summed E-state index contributed by atoms with van der Waals surface area (Å²) in [6.07, 6.45) is 2.94. The Morgan fingerprint density at radius 1 is 1.32 bits per heavy atom. The molecule has 0 aliphatic carbocycles. The van der Waals surface area contributed by atoms with Gasteiger partial charge in [0.15, 0.2) is 4.67 Å². The first-order valence-electron chi connectivity index (χ1n) is 5.92. The van der Waals surface area contributed by atoms with Gasteiger partial charge in [-0.2, -0.15) is 0 Å². The van der Waals surface area contributed by atoms with Crippen LogP contribution < -0.4 is 5.32 Å². The molecule has 1 amide bonds. The maximum Gasteiger partial charge on any atom is 0.262 e. The number of rotatable bonds is 4. The molecule has 100 valence electrons. The van der Waals surface area contributed by atoms with E-state index in [0.29, 0.717) is 10.2 Å². The van der Waals surface area contributed by atoms with Crippen LogP contribution in [0.2, 0.25) is 0 Å². The van der Waals surface area contributed by atoms with Gasteiger partial charge >= 0.3 is 0 Å². The zero-order valence-corrected chi connectivity index (χ0v) is 12.2. The number of aromatic nitrogens is 3. The lowest BCUT2D eigenvalue weighted by Gasteiger charge is -2.06. The first-order valence-corrected chi connectivity index (χ1v) is 6.71. The van der Waals surface area contributed by atoms with E-state index in [4.69, 9.17) is 4.42 Å². The Morgan fingerprint density at radius 2 is 2.05 bits per heavy atom. The number of carbonyl (C=O) groups is 1. The van der Waals surface area contributed by atoms with Crippen molar-refractivity contribution in [3.05, 3.63) is 34.0 Å². The van der Waals surface area contributed by atoms with Gasteiger partial charge in [0.25, 0.3) is 5.91 Å². The van der Waals surface area contributed by atoms with Crippen LogP contribution in [-0.4, -0.2) is 21.1 Å². The molecule has 0 fully saturated rings. The third-order valence-electron chi connectivity index (χ3n) is 2.60. The molecule has 0 bridgehead atoms. The molecule has 0 saturated heterocycles. The zero-order valence-electron chi connectivity index (χ0n) is 10.6. The summed E-state index contributed by atoms with van der Waals surface area (Å²) in [7, 11) is 0. The van der Waals surface area contributed by atoms with Crippen molar-refractivity contribution in [1.82, 2.24) is 15.2 Å². The Morgan fingerprint density at radius 3 is 2.63 bits per heavy atom. The van der Waals surface area contributed by atoms with E-state index in [9.17, 15) is 4.79 Å². The molecule has 2 heterocycles. The lowest BCUT2D eigenvalue weighted by Crippen LogP contribution is -2.16. The van der Waals surface area contributed by atoms with Crippen molar-refractivity contribution in [2.24, 2.45) is 0 Å². The quantitative estimate of drug-likeness (QED) is 0.934. The molecule has 6 nitrogen and oxygen atoms in total. The first kappa shape index (κ1) is 13.7. The van der Waals surface area contributed by atoms with Crippen LogP contribution in [0, 0.1) is 0 Å². The summed E-state index contributed by atoms with van der Waals surface area (Å²) in [5, 5.41) is 10.6. The molecule has 2 rings (SSSR count). The summed E-state index contributed by atoms with van der Waals surface area (Å²) < 4.78 is 5.38. The second-order valence-electron chi connectivity index (χ2n) is 3.80. The van der Waals surface area contributed by atoms with Gasteiger partial charge in [-0.3, -0.25) is 10.1 Å². The molecule has 2 aromatic rings. The van der Waals surface area contributed by atoms with Crippen molar-refractivity contribution in [3.63, 3.8) is 0 Å². The highest BCUT2D eigenvalue weighted by molar-refractivity contribution is 9.10. The fourth-order valence-corrected chi connectivity index (χ4v) is 2.04. The molecule has 0 unspecified atom stereocenters. The SMILES string of the molecule is CCc1nnc(NC(=O)c2ccoc2Br)nc1CC. The smallest absolute Gasteiger partial charge is 0.262 e. The van der Waals surface area contributed by atoms with Gasteiger partial charge in [-0.05, 0) is 34.8 Å². The van der Waals surface area contributed by atoms with Crippen molar-refractivity contribution in [1.29, 1.82) is 0 Å². The van der Waals surface area contributed by atoms with Crippen molar-refractivity contribution >= 4 is 27.8 Å². The van der Waals surface area contributed by atoms with Crippen LogP contribution in [-0.2, 0) is 12.8 Å². The molecular formula is C12H13BrN4O2. The van der Waals surface area contributed by atoms with Gasteiger partial charge in [0.1, 0.15) is 0 Å². The minimum Gasteiger partial charge on any atom is -0.457 e. The minimum atomic E-state index is -0.339. The summed E-state index contributed by atoms with van der Waals surface area (Å²) in [5.74, 6) is -0.138. The fourth-order valence-electron chi connectivity index (χ4n) is 1.62. The molecule has 0 aromatic carbocycles. The van der Waals surface area contributed by atoms with Gasteiger partial charge < -0.3 is 4.42 Å². The summed E-state index contributed by atoms with van der Waals surface area (Å²) in [5.41, 5.74) is 2.09. The summed E-state index contributed by atoms with van der Waals surface area (Å²) in [6.45, 7) is 3.98. The van der Waals surface area contributed by atoms with Crippen molar-refractivity contribution < 1.29 is 9.21 Å². The number of amides is 1. The van der Waals surface area contributed by atoms with E-state index >= 15 is 0 Å². The second-order valence-corrected chi connectivity index (χ2v) is 4.52. The highest BCUT2D eigenvalue weighted by Gasteiger charge is 2.15. The van der Waals surface area contributed by atoms with Gasteiger partial charge in [0.2, 0.25) is 5.95 Å². The number of hydrogen-bond donors (Lipinski definition) is 1. The van der Waals surface area contributed by atoms with E-state index in [0.717, 1.165) is 24.2 Å². The molecule has 0 saturated carbocycles.